The molecule has 0 aliphatic rings. The maximum absolute atomic E-state index is 12.9. The van der Waals surface area contributed by atoms with E-state index in [4.69, 9.17) is 11.6 Å². The van der Waals surface area contributed by atoms with E-state index >= 15 is 0 Å². The molecule has 0 aliphatic carbocycles. The van der Waals surface area contributed by atoms with Gasteiger partial charge < -0.3 is 19.4 Å². The van der Waals surface area contributed by atoms with E-state index < -0.39 is 12.5 Å². The predicted molar refractivity (Wildman–Crippen MR) is 99.6 cm³/mol. The number of aromatic nitrogens is 2. The first-order valence-corrected chi connectivity index (χ1v) is 9.02. The van der Waals surface area contributed by atoms with E-state index in [0.29, 0.717) is 37.7 Å². The zero-order valence-corrected chi connectivity index (χ0v) is 18.4. The fourth-order valence-corrected chi connectivity index (χ4v) is 3.86. The second-order valence-electron chi connectivity index (χ2n) is 5.70. The van der Waals surface area contributed by atoms with Crippen molar-refractivity contribution in [2.24, 2.45) is 0 Å². The number of carboxylic acids is 1. The van der Waals surface area contributed by atoms with Gasteiger partial charge in [-0.15, -0.1) is 11.8 Å². The molecule has 0 fully saturated rings. The third kappa shape index (κ3) is 3.59. The third-order valence-corrected chi connectivity index (χ3v) is 5.16. The summed E-state index contributed by atoms with van der Waals surface area (Å²) < 4.78 is 1.49. The van der Waals surface area contributed by atoms with Gasteiger partial charge in [0.15, 0.2) is 5.43 Å². The Bertz CT molecular complexity index is 1070. The van der Waals surface area contributed by atoms with Gasteiger partial charge in [0.1, 0.15) is 11.5 Å². The summed E-state index contributed by atoms with van der Waals surface area (Å²) in [6.07, 6.45) is 1.82. The molecule has 9 heteroatoms. The molecule has 2 aromatic heterocycles. The largest absolute Gasteiger partial charge is 1.00 e. The number of aliphatic carboxylic acids is 1. The quantitative estimate of drug-likeness (QED) is 0.310. The molecule has 0 N–H and O–H groups in total. The van der Waals surface area contributed by atoms with Gasteiger partial charge in [-0.2, -0.15) is 0 Å². The van der Waals surface area contributed by atoms with Gasteiger partial charge in [-0.3, -0.25) is 4.79 Å². The molecule has 0 radical (unpaired) electrons. The number of anilines is 1. The normalized spacial score (nSPS) is 10.8. The number of carbonyl (C=O) groups is 1. The molecular formula is C17H15ClN3NaO3S. The monoisotopic (exact) mass is 399 g/mol. The van der Waals surface area contributed by atoms with Crippen molar-refractivity contribution in [2.45, 2.75) is 11.4 Å². The van der Waals surface area contributed by atoms with E-state index in [-0.39, 0.29) is 35.0 Å². The molecule has 130 valence electrons. The van der Waals surface area contributed by atoms with Crippen LogP contribution in [-0.4, -0.2) is 35.9 Å². The van der Waals surface area contributed by atoms with Crippen molar-refractivity contribution in [1.82, 2.24) is 9.55 Å². The Labute approximate surface area is 181 Å². The molecule has 3 rings (SSSR count). The number of carbonyl (C=O) groups excluding carboxylic acids is 1. The van der Waals surface area contributed by atoms with E-state index in [1.165, 1.54) is 16.3 Å². The average Bonchev–Trinajstić information content (AvgIpc) is 2.57. The first-order chi connectivity index (χ1) is 11.8. The Morgan fingerprint density at radius 1 is 1.27 bits per heavy atom. The minimum absolute atomic E-state index is 0. The Balaban J connectivity index is 0.00000243. The Morgan fingerprint density at radius 3 is 2.50 bits per heavy atom. The van der Waals surface area contributed by atoms with Crippen molar-refractivity contribution >= 4 is 57.1 Å². The standard InChI is InChI=1S/C17H16ClN3O3S.Na/c1-20(2)12-7-5-10-15(24)9-4-6-11(18)16(25-3)14(9)21(8-13(22)23)17(10)19-12;/h4-7H,8H2,1-3H3,(H,22,23);/q;+1/p-1. The van der Waals surface area contributed by atoms with E-state index in [0.717, 1.165) is 0 Å². The summed E-state index contributed by atoms with van der Waals surface area (Å²) >= 11 is 7.62. The van der Waals surface area contributed by atoms with Crippen molar-refractivity contribution in [3.8, 4) is 0 Å². The number of hydrogen-bond acceptors (Lipinski definition) is 6. The molecule has 2 heterocycles. The van der Waals surface area contributed by atoms with E-state index in [1.54, 1.807) is 29.2 Å². The van der Waals surface area contributed by atoms with Crippen LogP contribution in [0, 0.1) is 0 Å². The van der Waals surface area contributed by atoms with Gasteiger partial charge in [-0.1, -0.05) is 11.6 Å². The van der Waals surface area contributed by atoms with Crippen LogP contribution in [0.15, 0.2) is 34.0 Å². The summed E-state index contributed by atoms with van der Waals surface area (Å²) in [5, 5.41) is 12.6. The zero-order chi connectivity index (χ0) is 18.3. The number of thioether (sulfide) groups is 1. The van der Waals surface area contributed by atoms with Crippen molar-refractivity contribution in [3.05, 3.63) is 39.5 Å². The van der Waals surface area contributed by atoms with Gasteiger partial charge in [-0.05, 0) is 30.5 Å². The molecule has 0 saturated heterocycles. The van der Waals surface area contributed by atoms with Crippen LogP contribution in [-0.2, 0) is 11.3 Å². The van der Waals surface area contributed by atoms with Crippen LogP contribution in [0.1, 0.15) is 0 Å². The summed E-state index contributed by atoms with van der Waals surface area (Å²) in [6, 6.07) is 6.65. The van der Waals surface area contributed by atoms with Gasteiger partial charge in [0.05, 0.1) is 33.3 Å². The zero-order valence-electron chi connectivity index (χ0n) is 14.9. The molecule has 0 unspecified atom stereocenters. The fraction of sp³-hybridized carbons (Fsp3) is 0.235. The van der Waals surface area contributed by atoms with Crippen molar-refractivity contribution in [3.63, 3.8) is 0 Å². The molecule has 0 aliphatic heterocycles. The molecular weight excluding hydrogens is 385 g/mol. The number of carboxylic acid groups (broad SMARTS) is 1. The second kappa shape index (κ2) is 8.19. The van der Waals surface area contributed by atoms with Gasteiger partial charge >= 0.3 is 29.6 Å². The number of nitrogens with zero attached hydrogens (tertiary/aromatic N) is 3. The molecule has 0 bridgehead atoms. The molecule has 0 amide bonds. The SMILES string of the molecule is CSc1c(Cl)ccc2c(=O)c3ccc(N(C)C)nc3n(CC(=O)[O-])c12.[Na+]. The maximum atomic E-state index is 12.9. The van der Waals surface area contributed by atoms with Crippen LogP contribution in [0.4, 0.5) is 5.82 Å². The molecule has 0 spiro atoms. The summed E-state index contributed by atoms with van der Waals surface area (Å²) in [4.78, 5) is 31.2. The van der Waals surface area contributed by atoms with Crippen molar-refractivity contribution in [2.75, 3.05) is 25.3 Å². The number of pyridine rings is 2. The Hall–Kier alpha value is -1.25. The number of hydrogen-bond donors (Lipinski definition) is 0. The summed E-state index contributed by atoms with van der Waals surface area (Å²) in [6.45, 7) is -0.426. The maximum Gasteiger partial charge on any atom is 1.00 e. The fourth-order valence-electron chi connectivity index (χ4n) is 2.80. The summed E-state index contributed by atoms with van der Waals surface area (Å²) in [5.41, 5.74) is 0.556. The number of benzene rings is 1. The Kier molecular flexibility index (Phi) is 6.63. The Morgan fingerprint density at radius 2 is 1.92 bits per heavy atom. The molecule has 26 heavy (non-hydrogen) atoms. The molecule has 3 aromatic rings. The van der Waals surface area contributed by atoms with Gasteiger partial charge in [0.2, 0.25) is 0 Å². The minimum Gasteiger partial charge on any atom is -0.548 e. The van der Waals surface area contributed by atoms with Crippen LogP contribution < -0.4 is 45.0 Å². The van der Waals surface area contributed by atoms with E-state index in [9.17, 15) is 14.7 Å². The molecule has 0 saturated carbocycles. The smallest absolute Gasteiger partial charge is 0.548 e. The van der Waals surface area contributed by atoms with Crippen LogP contribution in [0.25, 0.3) is 21.9 Å². The number of fused-ring (bicyclic) bond motifs is 2. The first-order valence-electron chi connectivity index (χ1n) is 7.42. The van der Waals surface area contributed by atoms with Crippen LogP contribution in [0.5, 0.6) is 0 Å². The van der Waals surface area contributed by atoms with Crippen LogP contribution in [0.2, 0.25) is 5.02 Å². The van der Waals surface area contributed by atoms with Gasteiger partial charge in [0.25, 0.3) is 0 Å². The average molecular weight is 400 g/mol. The van der Waals surface area contributed by atoms with Crippen molar-refractivity contribution < 1.29 is 39.5 Å². The first kappa shape index (κ1) is 21.1. The van der Waals surface area contributed by atoms with Gasteiger partial charge in [0, 0.05) is 19.5 Å². The van der Waals surface area contributed by atoms with Crippen LogP contribution in [0.3, 0.4) is 0 Å². The molecule has 1 aromatic carbocycles. The summed E-state index contributed by atoms with van der Waals surface area (Å²) in [5.74, 6) is -0.651. The minimum atomic E-state index is -1.27. The number of rotatable bonds is 4. The molecule has 0 atom stereocenters. The van der Waals surface area contributed by atoms with E-state index in [2.05, 4.69) is 4.98 Å². The topological polar surface area (TPSA) is 78.3 Å². The second-order valence-corrected chi connectivity index (χ2v) is 6.92. The van der Waals surface area contributed by atoms with Crippen LogP contribution >= 0.6 is 23.4 Å². The van der Waals surface area contributed by atoms with Gasteiger partial charge in [-0.25, -0.2) is 4.98 Å². The van der Waals surface area contributed by atoms with Crippen molar-refractivity contribution in [1.29, 1.82) is 0 Å². The van der Waals surface area contributed by atoms with E-state index in [1.807, 2.05) is 20.4 Å². The summed E-state index contributed by atoms with van der Waals surface area (Å²) in [7, 11) is 3.64. The predicted octanol–water partition coefficient (Wildman–Crippen LogP) is -1.26. The number of halogens is 1. The third-order valence-electron chi connectivity index (χ3n) is 3.91. The molecule has 6 nitrogen and oxygen atoms in total.